The Morgan fingerprint density at radius 2 is 1.86 bits per heavy atom. The van der Waals surface area contributed by atoms with Crippen molar-refractivity contribution in [1.82, 2.24) is 20.1 Å². The Balaban J connectivity index is 2.63. The van der Waals surface area contributed by atoms with Crippen molar-refractivity contribution in [3.05, 3.63) is 29.6 Å². The molecular weight excluding hydrogens is 260 g/mol. The van der Waals surface area contributed by atoms with Gasteiger partial charge in [-0.15, -0.1) is 0 Å². The maximum absolute atomic E-state index is 4.77. The molecule has 1 rings (SSSR count). The van der Waals surface area contributed by atoms with Crippen LogP contribution in [-0.4, -0.2) is 55.1 Å². The second kappa shape index (κ2) is 9.87. The third-order valence-electron chi connectivity index (χ3n) is 3.29. The van der Waals surface area contributed by atoms with Crippen LogP contribution < -0.4 is 5.32 Å². The number of pyridine rings is 1. The van der Waals surface area contributed by atoms with Crippen LogP contribution in [0.15, 0.2) is 18.2 Å². The van der Waals surface area contributed by atoms with Gasteiger partial charge in [0.15, 0.2) is 0 Å². The van der Waals surface area contributed by atoms with Gasteiger partial charge in [0.2, 0.25) is 0 Å². The highest BCUT2D eigenvalue weighted by atomic mass is 15.2. The van der Waals surface area contributed by atoms with Crippen LogP contribution in [0.1, 0.15) is 32.2 Å². The molecule has 0 unspecified atom stereocenters. The lowest BCUT2D eigenvalue weighted by molar-refractivity contribution is 0.209. The second-order valence-electron chi connectivity index (χ2n) is 6.33. The molecule has 0 saturated carbocycles. The van der Waals surface area contributed by atoms with E-state index in [2.05, 4.69) is 68.2 Å². The van der Waals surface area contributed by atoms with Crippen molar-refractivity contribution in [2.24, 2.45) is 5.92 Å². The van der Waals surface area contributed by atoms with Gasteiger partial charge in [-0.25, -0.2) is 0 Å². The molecule has 0 fully saturated rings. The summed E-state index contributed by atoms with van der Waals surface area (Å²) < 4.78 is 0. The zero-order valence-corrected chi connectivity index (χ0v) is 14.4. The molecule has 1 aromatic rings. The molecule has 0 radical (unpaired) electrons. The van der Waals surface area contributed by atoms with Crippen molar-refractivity contribution >= 4 is 0 Å². The van der Waals surface area contributed by atoms with Crippen LogP contribution in [0, 0.1) is 5.92 Å². The first-order valence-corrected chi connectivity index (χ1v) is 8.03. The Bertz CT molecular complexity index is 390. The summed E-state index contributed by atoms with van der Waals surface area (Å²) in [6, 6.07) is 6.35. The third kappa shape index (κ3) is 8.15. The van der Waals surface area contributed by atoms with Crippen LogP contribution in [-0.2, 0) is 13.1 Å². The van der Waals surface area contributed by atoms with E-state index in [9.17, 15) is 0 Å². The Kier molecular flexibility index (Phi) is 8.50. The summed E-state index contributed by atoms with van der Waals surface area (Å²) in [6.45, 7) is 12.7. The first kappa shape index (κ1) is 18.1. The Labute approximate surface area is 130 Å². The predicted octanol–water partition coefficient (Wildman–Crippen LogP) is 2.21. The van der Waals surface area contributed by atoms with Gasteiger partial charge in [0.25, 0.3) is 0 Å². The van der Waals surface area contributed by atoms with Gasteiger partial charge >= 0.3 is 0 Å². The maximum atomic E-state index is 4.77. The third-order valence-corrected chi connectivity index (χ3v) is 3.29. The standard InChI is InChI=1S/C17H32N4/c1-6-18-12-16-8-7-9-17(19-16)14-21(13-15(2)3)11-10-20(4)5/h7-9,15,18H,6,10-14H2,1-5H3. The molecule has 1 aromatic heterocycles. The SMILES string of the molecule is CCNCc1cccc(CN(CCN(C)C)CC(C)C)n1. The fourth-order valence-electron chi connectivity index (χ4n) is 2.29. The highest BCUT2D eigenvalue weighted by molar-refractivity contribution is 5.11. The number of hydrogen-bond donors (Lipinski definition) is 1. The number of rotatable bonds is 10. The van der Waals surface area contributed by atoms with E-state index in [0.717, 1.165) is 45.0 Å². The largest absolute Gasteiger partial charge is 0.311 e. The molecule has 0 aromatic carbocycles. The number of likely N-dealkylation sites (N-methyl/N-ethyl adjacent to an activating group) is 1. The van der Waals surface area contributed by atoms with Gasteiger partial charge in [-0.05, 0) is 38.7 Å². The number of aromatic nitrogens is 1. The van der Waals surface area contributed by atoms with Crippen LogP contribution >= 0.6 is 0 Å². The van der Waals surface area contributed by atoms with Gasteiger partial charge in [-0.1, -0.05) is 26.8 Å². The number of nitrogens with zero attached hydrogens (tertiary/aromatic N) is 3. The Morgan fingerprint density at radius 1 is 1.14 bits per heavy atom. The summed E-state index contributed by atoms with van der Waals surface area (Å²) in [7, 11) is 4.26. The van der Waals surface area contributed by atoms with E-state index in [1.54, 1.807) is 0 Å². The second-order valence-corrected chi connectivity index (χ2v) is 6.33. The molecule has 0 amide bonds. The zero-order chi connectivity index (χ0) is 15.7. The highest BCUT2D eigenvalue weighted by Gasteiger charge is 2.10. The van der Waals surface area contributed by atoms with Crippen LogP contribution in [0.2, 0.25) is 0 Å². The number of nitrogens with one attached hydrogen (secondary N) is 1. The monoisotopic (exact) mass is 292 g/mol. The van der Waals surface area contributed by atoms with E-state index in [1.165, 1.54) is 5.69 Å². The summed E-state index contributed by atoms with van der Waals surface area (Å²) in [5.41, 5.74) is 2.30. The van der Waals surface area contributed by atoms with E-state index in [1.807, 2.05) is 0 Å². The molecule has 0 bridgehead atoms. The lowest BCUT2D eigenvalue weighted by Crippen LogP contribution is -2.34. The van der Waals surface area contributed by atoms with Gasteiger partial charge < -0.3 is 10.2 Å². The summed E-state index contributed by atoms with van der Waals surface area (Å²) in [4.78, 5) is 9.51. The summed E-state index contributed by atoms with van der Waals surface area (Å²) in [5, 5.41) is 3.33. The van der Waals surface area contributed by atoms with E-state index >= 15 is 0 Å². The average molecular weight is 292 g/mol. The number of hydrogen-bond acceptors (Lipinski definition) is 4. The van der Waals surface area contributed by atoms with E-state index in [-0.39, 0.29) is 0 Å². The molecular formula is C17H32N4. The first-order valence-electron chi connectivity index (χ1n) is 8.03. The van der Waals surface area contributed by atoms with E-state index < -0.39 is 0 Å². The van der Waals surface area contributed by atoms with Crippen molar-refractivity contribution in [3.8, 4) is 0 Å². The fraction of sp³-hybridized carbons (Fsp3) is 0.706. The van der Waals surface area contributed by atoms with Crippen molar-refractivity contribution in [2.45, 2.75) is 33.9 Å². The van der Waals surface area contributed by atoms with Gasteiger partial charge in [-0.3, -0.25) is 9.88 Å². The molecule has 1 N–H and O–H groups in total. The molecule has 0 saturated heterocycles. The minimum absolute atomic E-state index is 0.678. The van der Waals surface area contributed by atoms with Crippen molar-refractivity contribution < 1.29 is 0 Å². The molecule has 4 heteroatoms. The molecule has 0 spiro atoms. The molecule has 4 nitrogen and oxygen atoms in total. The molecule has 21 heavy (non-hydrogen) atoms. The first-order chi connectivity index (χ1) is 10.0. The molecule has 0 atom stereocenters. The maximum Gasteiger partial charge on any atom is 0.0547 e. The summed E-state index contributed by atoms with van der Waals surface area (Å²) >= 11 is 0. The van der Waals surface area contributed by atoms with Crippen LogP contribution in [0.5, 0.6) is 0 Å². The fourth-order valence-corrected chi connectivity index (χ4v) is 2.29. The minimum atomic E-state index is 0.678. The smallest absolute Gasteiger partial charge is 0.0547 e. The molecule has 120 valence electrons. The average Bonchev–Trinajstić information content (AvgIpc) is 2.42. The van der Waals surface area contributed by atoms with Crippen LogP contribution in [0.4, 0.5) is 0 Å². The lowest BCUT2D eigenvalue weighted by atomic mass is 10.2. The molecule has 0 aliphatic carbocycles. The summed E-state index contributed by atoms with van der Waals surface area (Å²) in [5.74, 6) is 0.678. The van der Waals surface area contributed by atoms with E-state index in [0.29, 0.717) is 5.92 Å². The van der Waals surface area contributed by atoms with Crippen LogP contribution in [0.3, 0.4) is 0 Å². The van der Waals surface area contributed by atoms with Gasteiger partial charge in [-0.2, -0.15) is 0 Å². The minimum Gasteiger partial charge on any atom is -0.311 e. The Morgan fingerprint density at radius 3 is 2.48 bits per heavy atom. The summed E-state index contributed by atoms with van der Waals surface area (Å²) in [6.07, 6.45) is 0. The predicted molar refractivity (Wildman–Crippen MR) is 90.3 cm³/mol. The zero-order valence-electron chi connectivity index (χ0n) is 14.4. The molecule has 0 aliphatic rings. The van der Waals surface area contributed by atoms with E-state index in [4.69, 9.17) is 4.98 Å². The lowest BCUT2D eigenvalue weighted by Gasteiger charge is -2.25. The Hall–Kier alpha value is -0.970. The quantitative estimate of drug-likeness (QED) is 0.716. The molecule has 1 heterocycles. The van der Waals surface area contributed by atoms with Crippen LogP contribution in [0.25, 0.3) is 0 Å². The molecule has 0 aliphatic heterocycles. The van der Waals surface area contributed by atoms with Gasteiger partial charge in [0.1, 0.15) is 0 Å². The normalized spacial score (nSPS) is 11.8. The van der Waals surface area contributed by atoms with Gasteiger partial charge in [0.05, 0.1) is 11.4 Å². The topological polar surface area (TPSA) is 31.4 Å². The van der Waals surface area contributed by atoms with Crippen molar-refractivity contribution in [1.29, 1.82) is 0 Å². The van der Waals surface area contributed by atoms with Gasteiger partial charge in [0, 0.05) is 32.7 Å². The highest BCUT2D eigenvalue weighted by Crippen LogP contribution is 2.07. The van der Waals surface area contributed by atoms with Crippen molar-refractivity contribution in [2.75, 3.05) is 40.3 Å². The van der Waals surface area contributed by atoms with Crippen molar-refractivity contribution in [3.63, 3.8) is 0 Å².